The number of hydrogen-bond donors (Lipinski definition) is 1. The van der Waals surface area contributed by atoms with Crippen molar-refractivity contribution in [1.29, 1.82) is 0 Å². The Morgan fingerprint density at radius 1 is 1.08 bits per heavy atom. The van der Waals surface area contributed by atoms with Crippen LogP contribution in [-0.4, -0.2) is 15.0 Å². The summed E-state index contributed by atoms with van der Waals surface area (Å²) in [4.78, 5) is 12.5. The van der Waals surface area contributed by atoms with Crippen molar-refractivity contribution in [3.05, 3.63) is 23.7 Å². The van der Waals surface area contributed by atoms with Gasteiger partial charge in [-0.1, -0.05) is 0 Å². The molecule has 0 fully saturated rings. The predicted molar refractivity (Wildman–Crippen MR) is 51.2 cm³/mol. The zero-order valence-electron chi connectivity index (χ0n) is 7.57. The summed E-state index contributed by atoms with van der Waals surface area (Å²) >= 11 is 0. The quantitative estimate of drug-likeness (QED) is 0.652. The van der Waals surface area contributed by atoms with Crippen LogP contribution in [0.25, 0.3) is 11.0 Å². The summed E-state index contributed by atoms with van der Waals surface area (Å²) in [7, 11) is 0. The summed E-state index contributed by atoms with van der Waals surface area (Å²) in [6, 6.07) is 3.80. The Hall–Kier alpha value is -1.71. The molecule has 0 unspecified atom stereocenters. The first-order valence-electron chi connectivity index (χ1n) is 4.04. The summed E-state index contributed by atoms with van der Waals surface area (Å²) in [5, 5.41) is 0.816. The van der Waals surface area contributed by atoms with Gasteiger partial charge in [-0.05, 0) is 26.0 Å². The first kappa shape index (κ1) is 7.91. The van der Waals surface area contributed by atoms with E-state index in [0.29, 0.717) is 17.3 Å². The molecule has 4 heteroatoms. The third-order valence-corrected chi connectivity index (χ3v) is 1.84. The lowest BCUT2D eigenvalue weighted by Gasteiger charge is -2.01. The number of aromatic nitrogens is 3. The fourth-order valence-corrected chi connectivity index (χ4v) is 1.24. The van der Waals surface area contributed by atoms with Crippen LogP contribution in [0, 0.1) is 13.8 Å². The number of rotatable bonds is 0. The van der Waals surface area contributed by atoms with E-state index in [4.69, 9.17) is 5.73 Å². The molecule has 4 nitrogen and oxygen atoms in total. The van der Waals surface area contributed by atoms with Crippen LogP contribution < -0.4 is 5.73 Å². The Morgan fingerprint density at radius 3 is 2.62 bits per heavy atom. The van der Waals surface area contributed by atoms with Crippen LogP contribution in [0.5, 0.6) is 0 Å². The largest absolute Gasteiger partial charge is 0.383 e. The van der Waals surface area contributed by atoms with Crippen LogP contribution in [0.1, 0.15) is 11.5 Å². The minimum Gasteiger partial charge on any atom is -0.383 e. The lowest BCUT2D eigenvalue weighted by molar-refractivity contribution is 1.07. The average molecular weight is 174 g/mol. The van der Waals surface area contributed by atoms with Crippen molar-refractivity contribution in [2.24, 2.45) is 0 Å². The second-order valence-electron chi connectivity index (χ2n) is 2.98. The van der Waals surface area contributed by atoms with E-state index in [1.807, 2.05) is 19.1 Å². The first-order chi connectivity index (χ1) is 6.16. The molecule has 2 aromatic heterocycles. The van der Waals surface area contributed by atoms with Gasteiger partial charge in [-0.15, -0.1) is 0 Å². The topological polar surface area (TPSA) is 64.7 Å². The van der Waals surface area contributed by atoms with Gasteiger partial charge in [-0.25, -0.2) is 15.0 Å². The molecule has 0 aromatic carbocycles. The van der Waals surface area contributed by atoms with E-state index in [0.717, 1.165) is 11.1 Å². The molecule has 0 saturated carbocycles. The van der Waals surface area contributed by atoms with Crippen LogP contribution >= 0.6 is 0 Å². The van der Waals surface area contributed by atoms with E-state index in [-0.39, 0.29) is 0 Å². The molecule has 2 aromatic rings. The summed E-state index contributed by atoms with van der Waals surface area (Å²) in [5.74, 6) is 1.15. The smallest absolute Gasteiger partial charge is 0.165 e. The number of nitrogens with two attached hydrogens (primary N) is 1. The zero-order chi connectivity index (χ0) is 9.42. The van der Waals surface area contributed by atoms with Gasteiger partial charge in [0.1, 0.15) is 11.6 Å². The molecule has 0 aliphatic heterocycles. The van der Waals surface area contributed by atoms with E-state index in [1.165, 1.54) is 0 Å². The lowest BCUT2D eigenvalue weighted by atomic mass is 10.3. The first-order valence-corrected chi connectivity index (χ1v) is 4.04. The molecule has 66 valence electrons. The van der Waals surface area contributed by atoms with Gasteiger partial charge in [0.25, 0.3) is 0 Å². The average Bonchev–Trinajstić information content (AvgIpc) is 2.02. The summed E-state index contributed by atoms with van der Waals surface area (Å²) in [5.41, 5.74) is 7.32. The van der Waals surface area contributed by atoms with Gasteiger partial charge in [0.15, 0.2) is 5.65 Å². The maximum absolute atomic E-state index is 5.72. The second kappa shape index (κ2) is 2.65. The highest BCUT2D eigenvalue weighted by atomic mass is 15.0. The van der Waals surface area contributed by atoms with E-state index in [9.17, 15) is 0 Å². The minimum atomic E-state index is 0.495. The van der Waals surface area contributed by atoms with E-state index in [2.05, 4.69) is 15.0 Å². The van der Waals surface area contributed by atoms with Crippen LogP contribution in [-0.2, 0) is 0 Å². The van der Waals surface area contributed by atoms with Crippen LogP contribution in [0.15, 0.2) is 12.1 Å². The molecule has 0 spiro atoms. The van der Waals surface area contributed by atoms with Crippen molar-refractivity contribution in [1.82, 2.24) is 15.0 Å². The van der Waals surface area contributed by atoms with Gasteiger partial charge >= 0.3 is 0 Å². The fourth-order valence-electron chi connectivity index (χ4n) is 1.24. The van der Waals surface area contributed by atoms with Crippen LogP contribution in [0.3, 0.4) is 0 Å². The molecular weight excluding hydrogens is 164 g/mol. The predicted octanol–water partition coefficient (Wildman–Crippen LogP) is 1.22. The van der Waals surface area contributed by atoms with Crippen molar-refractivity contribution >= 4 is 16.9 Å². The molecule has 0 bridgehead atoms. The number of anilines is 1. The van der Waals surface area contributed by atoms with Crippen molar-refractivity contribution in [2.45, 2.75) is 13.8 Å². The van der Waals surface area contributed by atoms with Gasteiger partial charge in [0.05, 0.1) is 5.39 Å². The molecule has 0 aliphatic rings. The number of nitrogen functional groups attached to an aromatic ring is 1. The highest BCUT2D eigenvalue weighted by Gasteiger charge is 2.02. The Morgan fingerprint density at radius 2 is 1.85 bits per heavy atom. The third-order valence-electron chi connectivity index (χ3n) is 1.84. The Kier molecular flexibility index (Phi) is 1.62. The SMILES string of the molecule is Cc1ccc2c(N)nc(C)nc2n1. The molecule has 0 radical (unpaired) electrons. The van der Waals surface area contributed by atoms with Gasteiger partial charge in [0, 0.05) is 5.69 Å². The van der Waals surface area contributed by atoms with E-state index in [1.54, 1.807) is 6.92 Å². The molecule has 0 aliphatic carbocycles. The maximum Gasteiger partial charge on any atom is 0.165 e. The fraction of sp³-hybridized carbons (Fsp3) is 0.222. The van der Waals surface area contributed by atoms with Gasteiger partial charge in [-0.3, -0.25) is 0 Å². The van der Waals surface area contributed by atoms with Gasteiger partial charge in [0.2, 0.25) is 0 Å². The minimum absolute atomic E-state index is 0.495. The van der Waals surface area contributed by atoms with Crippen LogP contribution in [0.2, 0.25) is 0 Å². The number of aryl methyl sites for hydroxylation is 2. The van der Waals surface area contributed by atoms with Crippen molar-refractivity contribution in [2.75, 3.05) is 5.73 Å². The van der Waals surface area contributed by atoms with Crippen molar-refractivity contribution in [3.63, 3.8) is 0 Å². The second-order valence-corrected chi connectivity index (χ2v) is 2.98. The molecule has 0 amide bonds. The molecule has 2 rings (SSSR count). The summed E-state index contributed by atoms with van der Waals surface area (Å²) in [6.07, 6.45) is 0. The van der Waals surface area contributed by atoms with Crippen molar-refractivity contribution in [3.8, 4) is 0 Å². The highest BCUT2D eigenvalue weighted by molar-refractivity contribution is 5.85. The summed E-state index contributed by atoms with van der Waals surface area (Å²) < 4.78 is 0. The van der Waals surface area contributed by atoms with E-state index >= 15 is 0 Å². The Bertz CT molecular complexity index is 459. The monoisotopic (exact) mass is 174 g/mol. The Labute approximate surface area is 75.8 Å². The Balaban J connectivity index is 2.86. The maximum atomic E-state index is 5.72. The molecule has 0 atom stereocenters. The molecule has 2 N–H and O–H groups in total. The number of nitrogens with zero attached hydrogens (tertiary/aromatic N) is 3. The molecule has 0 saturated heterocycles. The van der Waals surface area contributed by atoms with Gasteiger partial charge in [-0.2, -0.15) is 0 Å². The van der Waals surface area contributed by atoms with Crippen molar-refractivity contribution < 1.29 is 0 Å². The number of hydrogen-bond acceptors (Lipinski definition) is 4. The highest BCUT2D eigenvalue weighted by Crippen LogP contribution is 2.15. The van der Waals surface area contributed by atoms with Gasteiger partial charge < -0.3 is 5.73 Å². The summed E-state index contributed by atoms with van der Waals surface area (Å²) in [6.45, 7) is 3.73. The normalized spacial score (nSPS) is 10.6. The molecular formula is C9H10N4. The standard InChI is InChI=1S/C9H10N4/c1-5-3-4-7-8(10)12-6(2)13-9(7)11-5/h3-4H,1-2H3,(H2,10,11,12,13). The molecule has 13 heavy (non-hydrogen) atoms. The third kappa shape index (κ3) is 1.30. The zero-order valence-corrected chi connectivity index (χ0v) is 7.57. The number of pyridine rings is 1. The van der Waals surface area contributed by atoms with Crippen LogP contribution in [0.4, 0.5) is 5.82 Å². The lowest BCUT2D eigenvalue weighted by Crippen LogP contribution is -1.99. The number of fused-ring (bicyclic) bond motifs is 1. The van der Waals surface area contributed by atoms with E-state index < -0.39 is 0 Å². The molecule has 2 heterocycles.